The Labute approximate surface area is 181 Å². The van der Waals surface area contributed by atoms with Gasteiger partial charge < -0.3 is 10.2 Å². The Morgan fingerprint density at radius 1 is 1.18 bits per heavy atom. The van der Waals surface area contributed by atoms with Gasteiger partial charge in [0.25, 0.3) is 5.91 Å². The molecular weight excluding hydrogens is 422 g/mol. The molecule has 2 aliphatic heterocycles. The predicted octanol–water partition coefficient (Wildman–Crippen LogP) is 2.84. The molecule has 154 valence electrons. The Hall–Kier alpha value is -1.25. The van der Waals surface area contributed by atoms with Gasteiger partial charge in [-0.3, -0.25) is 9.69 Å². The standard InChI is InChI=1S/C19H23FN4OS.2ClH/c20-15-3-1-14(2-4-15)11-18-22-17(13-26-18)19(25)24-8-5-16(12-24)23-9-6-21-7-10-23;;/h1-4,13,16,21H,5-12H2;2*1H. The number of amides is 1. The van der Waals surface area contributed by atoms with Crippen molar-refractivity contribution < 1.29 is 9.18 Å². The summed E-state index contributed by atoms with van der Waals surface area (Å²) in [5, 5.41) is 6.11. The summed E-state index contributed by atoms with van der Waals surface area (Å²) >= 11 is 1.49. The molecule has 0 spiro atoms. The quantitative estimate of drug-likeness (QED) is 0.784. The minimum atomic E-state index is -0.239. The SMILES string of the molecule is Cl.Cl.O=C(c1csc(Cc2ccc(F)cc2)n1)N1CCC(N2CCNCC2)C1. The number of thiazole rings is 1. The third-order valence-corrected chi connectivity index (χ3v) is 6.01. The molecule has 0 aliphatic carbocycles. The predicted molar refractivity (Wildman–Crippen MR) is 115 cm³/mol. The zero-order valence-corrected chi connectivity index (χ0v) is 17.9. The summed E-state index contributed by atoms with van der Waals surface area (Å²) in [4.78, 5) is 21.7. The zero-order valence-electron chi connectivity index (χ0n) is 15.5. The van der Waals surface area contributed by atoms with Gasteiger partial charge in [-0.2, -0.15) is 0 Å². The van der Waals surface area contributed by atoms with Crippen LogP contribution in [0.1, 0.15) is 27.5 Å². The molecule has 4 rings (SSSR count). The fraction of sp³-hybridized carbons (Fsp3) is 0.474. The highest BCUT2D eigenvalue weighted by Gasteiger charge is 2.32. The van der Waals surface area contributed by atoms with Crippen molar-refractivity contribution in [1.29, 1.82) is 0 Å². The first-order chi connectivity index (χ1) is 12.7. The van der Waals surface area contributed by atoms with E-state index < -0.39 is 0 Å². The minimum Gasteiger partial charge on any atom is -0.336 e. The summed E-state index contributed by atoms with van der Waals surface area (Å²) in [7, 11) is 0. The highest BCUT2D eigenvalue weighted by atomic mass is 35.5. The molecule has 1 amide bonds. The van der Waals surface area contributed by atoms with E-state index in [-0.39, 0.29) is 36.5 Å². The summed E-state index contributed by atoms with van der Waals surface area (Å²) in [6.07, 6.45) is 1.67. The number of hydrogen-bond donors (Lipinski definition) is 1. The number of piperazine rings is 1. The van der Waals surface area contributed by atoms with Crippen molar-refractivity contribution in [2.24, 2.45) is 0 Å². The maximum atomic E-state index is 13.0. The first-order valence-electron chi connectivity index (χ1n) is 9.12. The Morgan fingerprint density at radius 2 is 1.89 bits per heavy atom. The minimum absolute atomic E-state index is 0. The number of carbonyl (C=O) groups excluding carboxylic acids is 1. The Bertz CT molecular complexity index is 768. The summed E-state index contributed by atoms with van der Waals surface area (Å²) in [6.45, 7) is 5.78. The van der Waals surface area contributed by atoms with Crippen LogP contribution in [-0.2, 0) is 6.42 Å². The van der Waals surface area contributed by atoms with Crippen molar-refractivity contribution in [3.63, 3.8) is 0 Å². The van der Waals surface area contributed by atoms with Crippen LogP contribution in [0.2, 0.25) is 0 Å². The Balaban J connectivity index is 0.00000140. The maximum Gasteiger partial charge on any atom is 0.273 e. The Kier molecular flexibility index (Phi) is 8.64. The summed E-state index contributed by atoms with van der Waals surface area (Å²) in [6, 6.07) is 6.90. The van der Waals surface area contributed by atoms with E-state index >= 15 is 0 Å². The number of nitrogens with zero attached hydrogens (tertiary/aromatic N) is 3. The smallest absolute Gasteiger partial charge is 0.273 e. The molecular formula is C19H25Cl2FN4OS. The van der Waals surface area contributed by atoms with Crippen LogP contribution in [0.15, 0.2) is 29.6 Å². The van der Waals surface area contributed by atoms with Gasteiger partial charge in [0.1, 0.15) is 11.5 Å². The molecule has 1 atom stereocenters. The van der Waals surface area contributed by atoms with E-state index in [9.17, 15) is 9.18 Å². The molecule has 1 aromatic carbocycles. The van der Waals surface area contributed by atoms with Gasteiger partial charge >= 0.3 is 0 Å². The number of aromatic nitrogens is 1. The lowest BCUT2D eigenvalue weighted by Gasteiger charge is -2.32. The normalized spacial score (nSPS) is 19.8. The molecule has 0 radical (unpaired) electrons. The third-order valence-electron chi connectivity index (χ3n) is 5.16. The molecule has 9 heteroatoms. The monoisotopic (exact) mass is 446 g/mol. The van der Waals surface area contributed by atoms with Crippen molar-refractivity contribution in [1.82, 2.24) is 20.1 Å². The summed E-state index contributed by atoms with van der Waals surface area (Å²) in [5.41, 5.74) is 1.53. The third kappa shape index (κ3) is 5.42. The van der Waals surface area contributed by atoms with Crippen LogP contribution in [-0.4, -0.2) is 66.0 Å². The van der Waals surface area contributed by atoms with Crippen LogP contribution in [0.3, 0.4) is 0 Å². The highest BCUT2D eigenvalue weighted by Crippen LogP contribution is 2.21. The van der Waals surface area contributed by atoms with E-state index in [1.54, 1.807) is 12.1 Å². The summed E-state index contributed by atoms with van der Waals surface area (Å²) < 4.78 is 13.0. The van der Waals surface area contributed by atoms with Crippen molar-refractivity contribution in [3.8, 4) is 0 Å². The van der Waals surface area contributed by atoms with E-state index in [1.165, 1.54) is 23.5 Å². The number of likely N-dealkylation sites (tertiary alicyclic amines) is 1. The van der Waals surface area contributed by atoms with Crippen molar-refractivity contribution in [2.75, 3.05) is 39.3 Å². The molecule has 0 saturated carbocycles. The fourth-order valence-corrected chi connectivity index (χ4v) is 4.50. The van der Waals surface area contributed by atoms with Crippen LogP contribution >= 0.6 is 36.2 Å². The van der Waals surface area contributed by atoms with Gasteiger partial charge in [-0.1, -0.05) is 12.1 Å². The van der Waals surface area contributed by atoms with E-state index in [0.717, 1.165) is 56.3 Å². The average molecular weight is 447 g/mol. The molecule has 0 bridgehead atoms. The number of hydrogen-bond acceptors (Lipinski definition) is 5. The molecule has 2 saturated heterocycles. The molecule has 28 heavy (non-hydrogen) atoms. The first-order valence-corrected chi connectivity index (χ1v) is 10.00. The van der Waals surface area contributed by atoms with Gasteiger partial charge in [0.2, 0.25) is 0 Å². The second-order valence-electron chi connectivity index (χ2n) is 6.91. The number of carbonyl (C=O) groups is 1. The van der Waals surface area contributed by atoms with Gasteiger partial charge in [-0.15, -0.1) is 36.2 Å². The number of benzene rings is 1. The van der Waals surface area contributed by atoms with Crippen LogP contribution in [0.25, 0.3) is 0 Å². The van der Waals surface area contributed by atoms with Crippen LogP contribution < -0.4 is 5.32 Å². The van der Waals surface area contributed by atoms with Crippen molar-refractivity contribution >= 4 is 42.1 Å². The van der Waals surface area contributed by atoms with Crippen LogP contribution in [0, 0.1) is 5.82 Å². The van der Waals surface area contributed by atoms with Gasteiger partial charge in [0.15, 0.2) is 0 Å². The number of halogens is 3. The largest absolute Gasteiger partial charge is 0.336 e. The summed E-state index contributed by atoms with van der Waals surface area (Å²) in [5.74, 6) is -0.207. The molecule has 2 fully saturated rings. The second-order valence-corrected chi connectivity index (χ2v) is 7.85. The Morgan fingerprint density at radius 3 is 2.61 bits per heavy atom. The lowest BCUT2D eigenvalue weighted by atomic mass is 10.1. The van der Waals surface area contributed by atoms with Crippen LogP contribution in [0.5, 0.6) is 0 Å². The van der Waals surface area contributed by atoms with E-state index in [1.807, 2.05) is 10.3 Å². The van der Waals surface area contributed by atoms with E-state index in [4.69, 9.17) is 0 Å². The average Bonchev–Trinajstić information content (AvgIpc) is 3.34. The molecule has 5 nitrogen and oxygen atoms in total. The van der Waals surface area contributed by atoms with Gasteiger partial charge in [-0.05, 0) is 24.1 Å². The second kappa shape index (κ2) is 10.5. The lowest BCUT2D eigenvalue weighted by Crippen LogP contribution is -2.49. The number of rotatable bonds is 4. The zero-order chi connectivity index (χ0) is 17.9. The molecule has 1 unspecified atom stereocenters. The van der Waals surface area contributed by atoms with Crippen molar-refractivity contribution in [3.05, 3.63) is 51.7 Å². The molecule has 1 N–H and O–H groups in total. The fourth-order valence-electron chi connectivity index (χ4n) is 3.70. The van der Waals surface area contributed by atoms with E-state index in [2.05, 4.69) is 15.2 Å². The maximum absolute atomic E-state index is 13.0. The van der Waals surface area contributed by atoms with Gasteiger partial charge in [0, 0.05) is 57.1 Å². The molecule has 1 aromatic heterocycles. The highest BCUT2D eigenvalue weighted by molar-refractivity contribution is 7.09. The first kappa shape index (κ1) is 23.0. The number of nitrogens with one attached hydrogen (secondary N) is 1. The van der Waals surface area contributed by atoms with E-state index in [0.29, 0.717) is 18.2 Å². The molecule has 2 aromatic rings. The van der Waals surface area contributed by atoms with Gasteiger partial charge in [-0.25, -0.2) is 9.37 Å². The van der Waals surface area contributed by atoms with Crippen molar-refractivity contribution in [2.45, 2.75) is 18.9 Å². The lowest BCUT2D eigenvalue weighted by molar-refractivity contribution is 0.0768. The topological polar surface area (TPSA) is 48.5 Å². The molecule has 3 heterocycles. The van der Waals surface area contributed by atoms with Crippen LogP contribution in [0.4, 0.5) is 4.39 Å². The van der Waals surface area contributed by atoms with Gasteiger partial charge in [0.05, 0.1) is 5.01 Å². The molecule has 2 aliphatic rings.